The zero-order valence-electron chi connectivity index (χ0n) is 19.7. The third-order valence-electron chi connectivity index (χ3n) is 6.58. The number of carbonyl (C=O) groups is 1. The fraction of sp³-hybridized carbons (Fsp3) is 0.370. The van der Waals surface area contributed by atoms with E-state index in [0.29, 0.717) is 13.2 Å². The van der Waals surface area contributed by atoms with E-state index in [1.54, 1.807) is 11.6 Å². The lowest BCUT2D eigenvalue weighted by Gasteiger charge is -2.30. The number of aromatic nitrogens is 1. The molecule has 4 rings (SSSR count). The quantitative estimate of drug-likeness (QED) is 0.118. The van der Waals surface area contributed by atoms with Crippen LogP contribution in [0.5, 0.6) is 0 Å². The van der Waals surface area contributed by atoms with Crippen LogP contribution >= 0.6 is 0 Å². The molecule has 1 aromatic heterocycles. The van der Waals surface area contributed by atoms with Gasteiger partial charge in [-0.25, -0.2) is 5.48 Å². The third-order valence-corrected chi connectivity index (χ3v) is 6.58. The van der Waals surface area contributed by atoms with Gasteiger partial charge in [0.15, 0.2) is 0 Å². The molecule has 0 radical (unpaired) electrons. The van der Waals surface area contributed by atoms with Crippen molar-refractivity contribution in [3.63, 3.8) is 0 Å². The molecule has 8 nitrogen and oxygen atoms in total. The maximum atomic E-state index is 11.3. The number of amides is 1. The molecule has 8 heteroatoms. The van der Waals surface area contributed by atoms with Gasteiger partial charge in [0, 0.05) is 42.3 Å². The van der Waals surface area contributed by atoms with Gasteiger partial charge in [-0.15, -0.1) is 0 Å². The van der Waals surface area contributed by atoms with Gasteiger partial charge in [0.2, 0.25) is 0 Å². The van der Waals surface area contributed by atoms with E-state index in [1.807, 2.05) is 12.1 Å². The highest BCUT2D eigenvalue weighted by Gasteiger charge is 2.28. The molecule has 3 aromatic rings. The molecule has 0 saturated carbocycles. The van der Waals surface area contributed by atoms with Crippen LogP contribution in [0, 0.1) is 0 Å². The molecule has 0 aliphatic heterocycles. The smallest absolute Gasteiger partial charge is 0.267 e. The Labute approximate surface area is 204 Å². The van der Waals surface area contributed by atoms with Gasteiger partial charge in [0.1, 0.15) is 6.10 Å². The van der Waals surface area contributed by atoms with Crippen molar-refractivity contribution in [1.82, 2.24) is 15.4 Å². The Morgan fingerprint density at radius 3 is 2.94 bits per heavy atom. The number of benzene rings is 2. The SMILES string of the molecule is O=C(/C=C/c1ccc2c(c1)CCC2N(CCOCC(O)CO)CCc1c[nH]c2ccccc12)NO. The van der Waals surface area contributed by atoms with Gasteiger partial charge >= 0.3 is 0 Å². The number of rotatable bonds is 12. The first-order valence-electron chi connectivity index (χ1n) is 12.0. The average Bonchev–Trinajstić information content (AvgIpc) is 3.50. The minimum absolute atomic E-state index is 0.116. The average molecular weight is 480 g/mol. The van der Waals surface area contributed by atoms with E-state index < -0.39 is 12.0 Å². The molecule has 1 amide bonds. The van der Waals surface area contributed by atoms with E-state index in [1.165, 1.54) is 28.2 Å². The second kappa shape index (κ2) is 12.1. The first-order valence-corrected chi connectivity index (χ1v) is 12.0. The summed E-state index contributed by atoms with van der Waals surface area (Å²) in [5, 5.41) is 28.5. The van der Waals surface area contributed by atoms with Crippen LogP contribution in [-0.4, -0.2) is 70.2 Å². The van der Waals surface area contributed by atoms with Crippen LogP contribution in [0.1, 0.15) is 34.7 Å². The first-order chi connectivity index (χ1) is 17.1. The molecular formula is C27H33N3O5. The molecule has 2 atom stereocenters. The van der Waals surface area contributed by atoms with E-state index in [0.717, 1.165) is 36.9 Å². The summed E-state index contributed by atoms with van der Waals surface area (Å²) < 4.78 is 5.63. The number of H-pyrrole nitrogens is 1. The van der Waals surface area contributed by atoms with Gasteiger partial charge in [-0.2, -0.15) is 0 Å². The summed E-state index contributed by atoms with van der Waals surface area (Å²) in [5.74, 6) is -0.557. The Balaban J connectivity index is 1.47. The van der Waals surface area contributed by atoms with E-state index >= 15 is 0 Å². The van der Waals surface area contributed by atoms with Gasteiger partial charge < -0.3 is 19.9 Å². The number of aryl methyl sites for hydroxylation is 1. The zero-order chi connectivity index (χ0) is 24.6. The summed E-state index contributed by atoms with van der Waals surface area (Å²) in [6.07, 6.45) is 7.05. The van der Waals surface area contributed by atoms with Crippen molar-refractivity contribution < 1.29 is 25.0 Å². The molecule has 35 heavy (non-hydrogen) atoms. The molecule has 1 aliphatic carbocycles. The fourth-order valence-corrected chi connectivity index (χ4v) is 4.79. The summed E-state index contributed by atoms with van der Waals surface area (Å²) in [6, 6.07) is 14.8. The molecular weight excluding hydrogens is 446 g/mol. The van der Waals surface area contributed by atoms with E-state index in [4.69, 9.17) is 15.1 Å². The number of fused-ring (bicyclic) bond motifs is 2. The summed E-state index contributed by atoms with van der Waals surface area (Å²) in [6.45, 7) is 1.84. The van der Waals surface area contributed by atoms with Crippen LogP contribution in [-0.2, 0) is 22.4 Å². The van der Waals surface area contributed by atoms with Crippen molar-refractivity contribution in [2.45, 2.75) is 31.4 Å². The number of hydrogen-bond acceptors (Lipinski definition) is 6. The number of hydrogen-bond donors (Lipinski definition) is 5. The Kier molecular flexibility index (Phi) is 8.68. The fourth-order valence-electron chi connectivity index (χ4n) is 4.79. The summed E-state index contributed by atoms with van der Waals surface area (Å²) >= 11 is 0. The number of hydroxylamine groups is 1. The molecule has 0 spiro atoms. The van der Waals surface area contributed by atoms with Crippen LogP contribution < -0.4 is 5.48 Å². The maximum Gasteiger partial charge on any atom is 0.267 e. The maximum absolute atomic E-state index is 11.3. The third kappa shape index (κ3) is 6.36. The molecule has 5 N–H and O–H groups in total. The van der Waals surface area contributed by atoms with Gasteiger partial charge in [-0.05, 0) is 53.7 Å². The number of aliphatic hydroxyl groups is 2. The summed E-state index contributed by atoms with van der Waals surface area (Å²) in [7, 11) is 0. The monoisotopic (exact) mass is 479 g/mol. The Morgan fingerprint density at radius 1 is 1.26 bits per heavy atom. The Morgan fingerprint density at radius 2 is 2.11 bits per heavy atom. The second-order valence-electron chi connectivity index (χ2n) is 8.88. The second-order valence-corrected chi connectivity index (χ2v) is 8.88. The Hall–Kier alpha value is -3.01. The van der Waals surface area contributed by atoms with E-state index in [-0.39, 0.29) is 19.3 Å². The summed E-state index contributed by atoms with van der Waals surface area (Å²) in [5.41, 5.74) is 7.48. The molecule has 0 bridgehead atoms. The predicted molar refractivity (Wildman–Crippen MR) is 134 cm³/mol. The molecule has 186 valence electrons. The number of aromatic amines is 1. The van der Waals surface area contributed by atoms with Crippen molar-refractivity contribution in [2.24, 2.45) is 0 Å². The normalized spacial score (nSPS) is 16.3. The number of carbonyl (C=O) groups excluding carboxylic acids is 1. The van der Waals surface area contributed by atoms with Crippen molar-refractivity contribution in [3.05, 3.63) is 77.0 Å². The predicted octanol–water partition coefficient (Wildman–Crippen LogP) is 2.59. The number of nitrogens with one attached hydrogen (secondary N) is 2. The highest BCUT2D eigenvalue weighted by Crippen LogP contribution is 2.36. The van der Waals surface area contributed by atoms with Gasteiger partial charge in [0.05, 0.1) is 19.8 Å². The molecule has 1 heterocycles. The molecule has 1 aliphatic rings. The molecule has 0 fully saturated rings. The van der Waals surface area contributed by atoms with Crippen molar-refractivity contribution >= 4 is 22.9 Å². The van der Waals surface area contributed by atoms with Crippen LogP contribution in [0.2, 0.25) is 0 Å². The highest BCUT2D eigenvalue weighted by atomic mass is 16.5. The van der Waals surface area contributed by atoms with Crippen LogP contribution in [0.15, 0.2) is 54.7 Å². The first kappa shape index (κ1) is 25.1. The molecule has 2 unspecified atom stereocenters. The standard InChI is InChI=1S/C27H33N3O5/c31-17-22(32)18-35-14-13-30(12-11-21-16-28-25-4-2-1-3-23(21)25)26-9-7-20-15-19(5-8-24(20)26)6-10-27(33)29-34/h1-6,8,10,15-16,22,26,28,31-32,34H,7,9,11-14,17-18H2,(H,29,33)/b10-6+. The zero-order valence-corrected chi connectivity index (χ0v) is 19.7. The van der Waals surface area contributed by atoms with Crippen LogP contribution in [0.4, 0.5) is 0 Å². The van der Waals surface area contributed by atoms with Crippen molar-refractivity contribution in [3.8, 4) is 0 Å². The van der Waals surface area contributed by atoms with E-state index in [9.17, 15) is 9.90 Å². The molecule has 2 aromatic carbocycles. The lowest BCUT2D eigenvalue weighted by Crippen LogP contribution is -2.33. The number of para-hydroxylation sites is 1. The minimum Gasteiger partial charge on any atom is -0.394 e. The van der Waals surface area contributed by atoms with Crippen LogP contribution in [0.3, 0.4) is 0 Å². The van der Waals surface area contributed by atoms with Gasteiger partial charge in [-0.1, -0.05) is 36.4 Å². The van der Waals surface area contributed by atoms with Crippen molar-refractivity contribution in [2.75, 3.05) is 32.9 Å². The topological polar surface area (TPSA) is 118 Å². The highest BCUT2D eigenvalue weighted by molar-refractivity contribution is 5.90. The number of ether oxygens (including phenoxy) is 1. The lowest BCUT2D eigenvalue weighted by molar-refractivity contribution is -0.124. The number of nitrogens with zero attached hydrogens (tertiary/aromatic N) is 1. The largest absolute Gasteiger partial charge is 0.394 e. The molecule has 0 saturated heterocycles. The minimum atomic E-state index is -0.860. The summed E-state index contributed by atoms with van der Waals surface area (Å²) in [4.78, 5) is 17.1. The van der Waals surface area contributed by atoms with Crippen molar-refractivity contribution in [1.29, 1.82) is 0 Å². The van der Waals surface area contributed by atoms with Crippen LogP contribution in [0.25, 0.3) is 17.0 Å². The lowest BCUT2D eigenvalue weighted by atomic mass is 10.0. The van der Waals surface area contributed by atoms with Gasteiger partial charge in [-0.3, -0.25) is 14.9 Å². The number of aliphatic hydroxyl groups excluding tert-OH is 2. The van der Waals surface area contributed by atoms with E-state index in [2.05, 4.69) is 46.4 Å². The van der Waals surface area contributed by atoms with Gasteiger partial charge in [0.25, 0.3) is 5.91 Å². The Bertz CT molecular complexity index is 1160.